The van der Waals surface area contributed by atoms with Gasteiger partial charge in [-0.25, -0.2) is 19.2 Å². The minimum Gasteiger partial charge on any atom is -0.444 e. The molecule has 0 bridgehead atoms. The van der Waals surface area contributed by atoms with Gasteiger partial charge in [0.2, 0.25) is 0 Å². The van der Waals surface area contributed by atoms with Crippen LogP contribution in [-0.4, -0.2) is 208 Å². The number of hydrogen-bond acceptors (Lipinski definition) is 15. The number of nitrogens with zero attached hydrogens (tertiary/aromatic N) is 5. The van der Waals surface area contributed by atoms with Crippen molar-refractivity contribution in [2.45, 2.75) is 350 Å². The van der Waals surface area contributed by atoms with Gasteiger partial charge < -0.3 is 70.4 Å². The van der Waals surface area contributed by atoms with E-state index in [0.717, 1.165) is 109 Å². The average Bonchev–Trinajstić information content (AvgIpc) is 1.68. The molecule has 8 aliphatic carbocycles. The van der Waals surface area contributed by atoms with Gasteiger partial charge in [-0.05, 0) is 410 Å². The molecule has 0 heterocycles. The maximum Gasteiger partial charge on any atom is 0.407 e. The Hall–Kier alpha value is -7.73. The van der Waals surface area contributed by atoms with E-state index in [4.69, 9.17) is 24.7 Å². The number of amides is 4. The summed E-state index contributed by atoms with van der Waals surface area (Å²) in [6.45, 7) is 26.5. The van der Waals surface area contributed by atoms with Crippen LogP contribution >= 0.6 is 31.9 Å². The summed E-state index contributed by atoms with van der Waals surface area (Å²) in [6.07, 6.45) is 27.0. The van der Waals surface area contributed by atoms with Crippen molar-refractivity contribution in [3.63, 3.8) is 0 Å². The minimum absolute atomic E-state index is 0.0470. The number of Topliss-reactive ketones (excluding diaryl/α,β-unsaturated/α-hetero) is 1. The summed E-state index contributed by atoms with van der Waals surface area (Å²) < 4.78 is 23.8. The highest BCUT2D eigenvalue weighted by atomic mass is 79.9. The van der Waals surface area contributed by atoms with Crippen LogP contribution in [-0.2, 0) is 25.4 Å². The van der Waals surface area contributed by atoms with Gasteiger partial charge >= 0.3 is 24.4 Å². The Bertz CT molecular complexity index is 4720. The number of alkyl carbamates (subject to hydrolysis) is 4. The molecule has 6 aromatic rings. The number of nitrogens with one attached hydrogen (secondary N) is 4. The Balaban J connectivity index is 0.000000180. The minimum atomic E-state index is -0.482. The fraction of sp³-hybridized carbons (Fsp3) is 0.591. The van der Waals surface area contributed by atoms with Crippen molar-refractivity contribution in [3.05, 3.63) is 222 Å². The number of hydrogen-bond donors (Lipinski definition) is 5. The van der Waals surface area contributed by atoms with Crippen molar-refractivity contribution in [3.8, 4) is 0 Å². The van der Waals surface area contributed by atoms with Crippen molar-refractivity contribution in [2.75, 3.05) is 70.5 Å². The first-order valence-corrected chi connectivity index (χ1v) is 50.1. The number of carbonyl (C=O) groups excluding carboxylic acids is 5. The summed E-state index contributed by atoms with van der Waals surface area (Å²) in [7, 11) is 21.0. The first kappa shape index (κ1) is 107. The normalized spacial score (nSPS) is 23.9. The second kappa shape index (κ2) is 49.2. The van der Waals surface area contributed by atoms with Crippen LogP contribution < -0.4 is 27.0 Å². The van der Waals surface area contributed by atoms with E-state index in [9.17, 15) is 24.0 Å². The third kappa shape index (κ3) is 36.1. The van der Waals surface area contributed by atoms with Crippen LogP contribution in [0.3, 0.4) is 0 Å². The predicted molar refractivity (Wildman–Crippen MR) is 546 cm³/mol. The van der Waals surface area contributed by atoms with Gasteiger partial charge in [-0.2, -0.15) is 0 Å². The van der Waals surface area contributed by atoms with Gasteiger partial charge in [-0.15, -0.1) is 0 Å². The van der Waals surface area contributed by atoms with E-state index < -0.39 is 22.4 Å². The third-order valence-corrected chi connectivity index (χ3v) is 27.2. The van der Waals surface area contributed by atoms with E-state index in [1.165, 1.54) is 108 Å². The van der Waals surface area contributed by atoms with E-state index in [1.807, 2.05) is 107 Å². The summed E-state index contributed by atoms with van der Waals surface area (Å²) in [5, 5.41) is 12.3. The zero-order valence-corrected chi connectivity index (χ0v) is 87.0. The van der Waals surface area contributed by atoms with Gasteiger partial charge in [0.05, 0.1) is 12.1 Å². The topological polar surface area (TPSA) is 213 Å². The van der Waals surface area contributed by atoms with E-state index in [2.05, 4.69) is 282 Å². The number of likely N-dealkylation sites (N-methyl/N-ethyl adjacent to an activating group) is 5. The van der Waals surface area contributed by atoms with E-state index >= 15 is 0 Å². The standard InChI is InChI=1S/C22H34N2O2.C22H32N2O2.C22H36N2O2.C19H27BrN2O2.C17H26N2.C8H7BrO/c2*1-22(2,3)26-21(25)23-19-12-11-18(14-20(19)24(4)5)17-8-6-7-16(13-17)15-9-10-15;1-7-9-16-10-8-11-17(14-16)18-12-13-19(20(15-18)24(5)6)23-21(25)26-22(2,3)4;1-19(2,3)24-18(23)21-16-10-9-14(12-17(16)22(4)5)13-7-6-8-15(20)11-13;1-19(2)17-11-15(8-9-16(17)18)14-5-3-4-13(10-14)12-6-7-12;1-6(10)7-3-2-4-8(9)5-7/h6-8,13,15,18-20H,9-12,14H2,1-5H3,(H,23,25);6-8,11,13,15,19-20H,9-10,12,14H2,1-5H3,(H,23,25);8,10-11,14,18-20H,7,9,12-13,15H2,1-6H3,(H,23,25);6-9,11,16-17H,10,12H2,1-5H3,(H,21,23);3-5,10,12,15-17H,6-9,11,18H2,1-2H3;2-5H,1H3/t18?,19-,20-;19-,20-;18?,19-,20-;16-,17-;15-,16-,17-;/m00000./s1. The third-order valence-electron chi connectivity index (χ3n) is 26.2. The van der Waals surface area contributed by atoms with E-state index in [-0.39, 0.29) is 66.4 Å². The highest BCUT2D eigenvalue weighted by molar-refractivity contribution is 9.10. The molecule has 21 heteroatoms. The lowest BCUT2D eigenvalue weighted by Gasteiger charge is -2.40. The summed E-state index contributed by atoms with van der Waals surface area (Å²) in [4.78, 5) is 70.7. The Morgan fingerprint density at radius 2 is 0.664 bits per heavy atom. The summed E-state index contributed by atoms with van der Waals surface area (Å²) in [5.74, 6) is 4.34. The van der Waals surface area contributed by atoms with Crippen molar-refractivity contribution < 1.29 is 42.9 Å². The fourth-order valence-corrected chi connectivity index (χ4v) is 19.8. The molecule has 4 amide bonds. The van der Waals surface area contributed by atoms with Gasteiger partial charge in [-0.1, -0.05) is 179 Å². The van der Waals surface area contributed by atoms with E-state index in [0.29, 0.717) is 41.9 Å². The van der Waals surface area contributed by atoms with Gasteiger partial charge in [0.15, 0.2) is 5.78 Å². The molecule has 0 saturated heterocycles. The molecule has 19 nitrogen and oxygen atoms in total. The molecule has 6 saturated carbocycles. The lowest BCUT2D eigenvalue weighted by atomic mass is 9.78. The summed E-state index contributed by atoms with van der Waals surface area (Å²) in [5.41, 5.74) is 20.8. The predicted octanol–water partition coefficient (Wildman–Crippen LogP) is 24.1. The molecule has 0 radical (unpaired) electrons. The van der Waals surface area contributed by atoms with Crippen LogP contribution in [0.2, 0.25) is 0 Å². The number of halogens is 2. The van der Waals surface area contributed by atoms with Crippen LogP contribution in [0, 0.1) is 0 Å². The maximum absolute atomic E-state index is 12.2. The van der Waals surface area contributed by atoms with Crippen molar-refractivity contribution in [2.24, 2.45) is 5.73 Å². The Labute approximate surface area is 805 Å². The number of ketones is 1. The van der Waals surface area contributed by atoms with Crippen molar-refractivity contribution in [1.82, 2.24) is 45.8 Å². The molecule has 6 fully saturated rings. The average molecular weight is 1930 g/mol. The number of benzene rings is 6. The molecule has 0 spiro atoms. The molecule has 6 aromatic carbocycles. The lowest BCUT2D eigenvalue weighted by molar-refractivity contribution is 0.0434. The number of aryl methyl sites for hydroxylation is 1. The fourth-order valence-electron chi connectivity index (χ4n) is 19.0. The first-order chi connectivity index (χ1) is 61.6. The Kier molecular flexibility index (Phi) is 40.1. The van der Waals surface area contributed by atoms with Gasteiger partial charge in [0, 0.05) is 62.8 Å². The van der Waals surface area contributed by atoms with Gasteiger partial charge in [0.1, 0.15) is 22.4 Å². The zero-order valence-electron chi connectivity index (χ0n) is 83.8. The highest BCUT2D eigenvalue weighted by Crippen LogP contribution is 2.46. The second-order valence-electron chi connectivity index (χ2n) is 43.1. The van der Waals surface area contributed by atoms with Crippen LogP contribution in [0.25, 0.3) is 11.1 Å². The van der Waals surface area contributed by atoms with Crippen LogP contribution in [0.1, 0.15) is 321 Å². The summed E-state index contributed by atoms with van der Waals surface area (Å²) in [6, 6.07) is 54.7. The Morgan fingerprint density at radius 1 is 0.359 bits per heavy atom. The SMILES string of the molecule is CC(=O)c1cccc(Br)c1.CCCc1cccc(C2CC[C@H](NC(=O)OC(C)(C)C)[C@@H](N(C)C)C2)c1.CN(C)[C@H]1CC(c2cccc(Br)c2)=CC[C@@H]1NC(=O)OC(C)(C)C.CN(C)[C@H]1CC(c2cccc(C3CC3)c2)=CC[C@@H]1NC(=O)OC(C)(C)C.CN(C)[C@H]1CC(c2cccc(C3CC3)c2)CC[C@@H]1NC(=O)OC(C)(C)C.CN(C)[C@H]1C[C@@H](c2cccc(C3CC3)c2)CC[C@@H]1N. The number of rotatable bonds is 20. The molecule has 0 aromatic heterocycles. The van der Waals surface area contributed by atoms with Gasteiger partial charge in [-0.3, -0.25) is 4.79 Å². The van der Waals surface area contributed by atoms with Crippen molar-refractivity contribution >= 4 is 73.2 Å². The molecular formula is C110H162Br2N10O9. The highest BCUT2D eigenvalue weighted by Gasteiger charge is 2.40. The van der Waals surface area contributed by atoms with E-state index in [1.54, 1.807) is 24.1 Å². The lowest BCUT2D eigenvalue weighted by Crippen LogP contribution is -2.53. The molecule has 720 valence electrons. The molecule has 8 aliphatic rings. The molecule has 13 atom stereocenters. The number of carbonyl (C=O) groups is 5. The molecule has 14 rings (SSSR count). The number of nitrogens with two attached hydrogens (primary N) is 1. The maximum atomic E-state index is 12.2. The molecule has 0 aliphatic heterocycles. The zero-order chi connectivity index (χ0) is 96.0. The molecule has 2 unspecified atom stereocenters. The van der Waals surface area contributed by atoms with Crippen LogP contribution in [0.4, 0.5) is 19.2 Å². The van der Waals surface area contributed by atoms with Crippen LogP contribution in [0.5, 0.6) is 0 Å². The van der Waals surface area contributed by atoms with Crippen LogP contribution in [0.15, 0.2) is 167 Å². The smallest absolute Gasteiger partial charge is 0.407 e. The summed E-state index contributed by atoms with van der Waals surface area (Å²) >= 11 is 6.81. The Morgan fingerprint density at radius 3 is 1.01 bits per heavy atom. The largest absolute Gasteiger partial charge is 0.444 e. The van der Waals surface area contributed by atoms with Gasteiger partial charge in [0.25, 0.3) is 0 Å². The molecule has 131 heavy (non-hydrogen) atoms. The number of ether oxygens (including phenoxy) is 4. The molecule has 6 N–H and O–H groups in total. The second-order valence-corrected chi connectivity index (χ2v) is 44.9. The monoisotopic (exact) mass is 1930 g/mol. The first-order valence-electron chi connectivity index (χ1n) is 48.5. The van der Waals surface area contributed by atoms with Crippen molar-refractivity contribution in [1.29, 1.82) is 0 Å². The quantitative estimate of drug-likeness (QED) is 0.0355. The molecular weight excluding hydrogens is 1770 g/mol.